The van der Waals surface area contributed by atoms with Gasteiger partial charge < -0.3 is 10.1 Å². The summed E-state index contributed by atoms with van der Waals surface area (Å²) in [6.45, 7) is 3.04. The number of benzene rings is 1. The van der Waals surface area contributed by atoms with Gasteiger partial charge >= 0.3 is 0 Å². The number of hydrogen-bond acceptors (Lipinski definition) is 6. The molecule has 1 heterocycles. The molecule has 0 fully saturated rings. The van der Waals surface area contributed by atoms with Crippen LogP contribution >= 0.6 is 11.3 Å². The largest absolute Gasteiger partial charge is 0.493 e. The normalized spacial score (nSPS) is 10.2. The standard InChI is InChI=1S/C13H15N3O3S/c1-2-3-19-13-5-10(4-12(6-13)16(17)18)14-7-11-8-20-9-15-11/h4-6,8-9,14H,2-3,7H2,1H3. The van der Waals surface area contributed by atoms with Crippen molar-refractivity contribution in [3.8, 4) is 5.75 Å². The maximum atomic E-state index is 10.9. The molecule has 0 aliphatic heterocycles. The van der Waals surface area contributed by atoms with E-state index >= 15 is 0 Å². The second-order valence-electron chi connectivity index (χ2n) is 4.15. The fourth-order valence-corrected chi connectivity index (χ4v) is 2.17. The zero-order chi connectivity index (χ0) is 14.4. The predicted octanol–water partition coefficient (Wildman–Crippen LogP) is 3.45. The summed E-state index contributed by atoms with van der Waals surface area (Å²) in [5.74, 6) is 0.502. The van der Waals surface area contributed by atoms with Crippen LogP contribution in [0.3, 0.4) is 0 Å². The zero-order valence-corrected chi connectivity index (χ0v) is 11.9. The van der Waals surface area contributed by atoms with Crippen LogP contribution in [0.15, 0.2) is 29.1 Å². The smallest absolute Gasteiger partial charge is 0.275 e. The van der Waals surface area contributed by atoms with Gasteiger partial charge in [0.1, 0.15) is 5.75 Å². The highest BCUT2D eigenvalue weighted by atomic mass is 32.1. The minimum absolute atomic E-state index is 0.0133. The lowest BCUT2D eigenvalue weighted by atomic mass is 10.2. The number of anilines is 1. The van der Waals surface area contributed by atoms with Gasteiger partial charge in [-0.1, -0.05) is 6.92 Å². The van der Waals surface area contributed by atoms with E-state index in [0.29, 0.717) is 24.6 Å². The Balaban J connectivity index is 2.13. The van der Waals surface area contributed by atoms with E-state index in [1.165, 1.54) is 23.5 Å². The van der Waals surface area contributed by atoms with Crippen LogP contribution in [0, 0.1) is 10.1 Å². The highest BCUT2D eigenvalue weighted by molar-refractivity contribution is 7.07. The third-order valence-corrected chi connectivity index (χ3v) is 3.17. The van der Waals surface area contributed by atoms with Crippen LogP contribution in [-0.2, 0) is 6.54 Å². The number of hydrogen-bond donors (Lipinski definition) is 1. The minimum Gasteiger partial charge on any atom is -0.493 e. The Bertz CT molecular complexity index is 572. The van der Waals surface area contributed by atoms with E-state index in [-0.39, 0.29) is 5.69 Å². The summed E-state index contributed by atoms with van der Waals surface area (Å²) in [7, 11) is 0. The third-order valence-electron chi connectivity index (χ3n) is 2.53. The van der Waals surface area contributed by atoms with Gasteiger partial charge in [-0.05, 0) is 6.42 Å². The first-order valence-corrected chi connectivity index (χ1v) is 7.16. The highest BCUT2D eigenvalue weighted by Crippen LogP contribution is 2.26. The number of aromatic nitrogens is 1. The third kappa shape index (κ3) is 3.92. The second kappa shape index (κ2) is 6.85. The van der Waals surface area contributed by atoms with Crippen LogP contribution < -0.4 is 10.1 Å². The molecular formula is C13H15N3O3S. The van der Waals surface area contributed by atoms with Gasteiger partial charge in [0.15, 0.2) is 0 Å². The van der Waals surface area contributed by atoms with E-state index in [0.717, 1.165) is 12.1 Å². The summed E-state index contributed by atoms with van der Waals surface area (Å²) < 4.78 is 5.47. The lowest BCUT2D eigenvalue weighted by Gasteiger charge is -2.09. The van der Waals surface area contributed by atoms with Crippen LogP contribution in [0.4, 0.5) is 11.4 Å². The van der Waals surface area contributed by atoms with Gasteiger partial charge in [-0.2, -0.15) is 0 Å². The first-order chi connectivity index (χ1) is 9.69. The zero-order valence-electron chi connectivity index (χ0n) is 11.0. The van der Waals surface area contributed by atoms with Crippen molar-refractivity contribution in [3.05, 3.63) is 44.9 Å². The van der Waals surface area contributed by atoms with Crippen molar-refractivity contribution >= 4 is 22.7 Å². The summed E-state index contributed by atoms with van der Waals surface area (Å²) in [6.07, 6.45) is 0.851. The minimum atomic E-state index is -0.424. The van der Waals surface area contributed by atoms with Crippen LogP contribution in [0.5, 0.6) is 5.75 Å². The quantitative estimate of drug-likeness (QED) is 0.625. The number of non-ortho nitro benzene ring substituents is 1. The molecule has 0 unspecified atom stereocenters. The molecule has 2 aromatic rings. The van der Waals surface area contributed by atoms with Crippen molar-refractivity contribution in [1.29, 1.82) is 0 Å². The highest BCUT2D eigenvalue weighted by Gasteiger charge is 2.10. The molecule has 0 radical (unpaired) electrons. The van der Waals surface area contributed by atoms with E-state index in [1.807, 2.05) is 12.3 Å². The number of nitrogens with zero attached hydrogens (tertiary/aromatic N) is 2. The summed E-state index contributed by atoms with van der Waals surface area (Å²) in [4.78, 5) is 14.7. The summed E-state index contributed by atoms with van der Waals surface area (Å²) in [5, 5.41) is 16.0. The molecule has 0 atom stereocenters. The molecule has 20 heavy (non-hydrogen) atoms. The average molecular weight is 293 g/mol. The Morgan fingerprint density at radius 1 is 1.45 bits per heavy atom. The first kappa shape index (κ1) is 14.3. The van der Waals surface area contributed by atoms with E-state index in [1.54, 1.807) is 11.6 Å². The lowest BCUT2D eigenvalue weighted by Crippen LogP contribution is -2.02. The fourth-order valence-electron chi connectivity index (χ4n) is 1.61. The van der Waals surface area contributed by atoms with Crippen molar-refractivity contribution in [1.82, 2.24) is 4.98 Å². The maximum absolute atomic E-state index is 10.9. The Morgan fingerprint density at radius 2 is 2.30 bits per heavy atom. The van der Waals surface area contributed by atoms with E-state index in [2.05, 4.69) is 10.3 Å². The van der Waals surface area contributed by atoms with E-state index < -0.39 is 4.92 Å². The van der Waals surface area contributed by atoms with E-state index in [9.17, 15) is 10.1 Å². The Kier molecular flexibility index (Phi) is 4.89. The molecule has 6 nitrogen and oxygen atoms in total. The molecule has 0 saturated heterocycles. The SMILES string of the molecule is CCCOc1cc(NCc2cscn2)cc([N+](=O)[O-])c1. The van der Waals surface area contributed by atoms with Gasteiger partial charge in [0.2, 0.25) is 0 Å². The Morgan fingerprint density at radius 3 is 2.95 bits per heavy atom. The summed E-state index contributed by atoms with van der Waals surface area (Å²) >= 11 is 1.51. The molecular weight excluding hydrogens is 278 g/mol. The van der Waals surface area contributed by atoms with Crippen LogP contribution in [0.25, 0.3) is 0 Å². The molecule has 1 aromatic heterocycles. The number of nitrogens with one attached hydrogen (secondary N) is 1. The maximum Gasteiger partial charge on any atom is 0.275 e. The number of thiazole rings is 1. The van der Waals surface area contributed by atoms with Gasteiger partial charge in [0, 0.05) is 23.2 Å². The molecule has 0 saturated carbocycles. The van der Waals surface area contributed by atoms with Gasteiger partial charge in [-0.25, -0.2) is 4.98 Å². The summed E-state index contributed by atoms with van der Waals surface area (Å²) in [5.41, 5.74) is 3.32. The van der Waals surface area contributed by atoms with Gasteiger partial charge in [-0.3, -0.25) is 10.1 Å². The second-order valence-corrected chi connectivity index (χ2v) is 4.87. The average Bonchev–Trinajstić information content (AvgIpc) is 2.96. The molecule has 0 spiro atoms. The topological polar surface area (TPSA) is 77.3 Å². The van der Waals surface area contributed by atoms with Crippen molar-refractivity contribution in [3.63, 3.8) is 0 Å². The molecule has 1 aromatic carbocycles. The fraction of sp³-hybridized carbons (Fsp3) is 0.308. The molecule has 1 N–H and O–H groups in total. The van der Waals surface area contributed by atoms with Crippen LogP contribution in [0.2, 0.25) is 0 Å². The molecule has 0 amide bonds. The van der Waals surface area contributed by atoms with Gasteiger partial charge in [0.05, 0.1) is 35.3 Å². The van der Waals surface area contributed by atoms with Gasteiger partial charge in [-0.15, -0.1) is 11.3 Å². The van der Waals surface area contributed by atoms with E-state index in [4.69, 9.17) is 4.74 Å². The Labute approximate surface area is 120 Å². The van der Waals surface area contributed by atoms with Gasteiger partial charge in [0.25, 0.3) is 5.69 Å². The van der Waals surface area contributed by atoms with Crippen molar-refractivity contribution in [2.75, 3.05) is 11.9 Å². The van der Waals surface area contributed by atoms with Crippen LogP contribution in [-0.4, -0.2) is 16.5 Å². The van der Waals surface area contributed by atoms with Crippen molar-refractivity contribution in [2.24, 2.45) is 0 Å². The molecule has 106 valence electrons. The number of ether oxygens (including phenoxy) is 1. The lowest BCUT2D eigenvalue weighted by molar-refractivity contribution is -0.384. The monoisotopic (exact) mass is 293 g/mol. The molecule has 2 rings (SSSR count). The van der Waals surface area contributed by atoms with Crippen molar-refractivity contribution in [2.45, 2.75) is 19.9 Å². The molecule has 0 aliphatic rings. The Hall–Kier alpha value is -2.15. The molecule has 7 heteroatoms. The number of nitro benzene ring substituents is 1. The molecule has 0 bridgehead atoms. The first-order valence-electron chi connectivity index (χ1n) is 6.22. The molecule has 0 aliphatic carbocycles. The number of nitro groups is 1. The number of rotatable bonds is 7. The predicted molar refractivity (Wildman–Crippen MR) is 78.3 cm³/mol. The summed E-state index contributed by atoms with van der Waals surface area (Å²) in [6, 6.07) is 4.68. The van der Waals surface area contributed by atoms with Crippen molar-refractivity contribution < 1.29 is 9.66 Å². The van der Waals surface area contributed by atoms with Crippen LogP contribution in [0.1, 0.15) is 19.0 Å².